The van der Waals surface area contributed by atoms with E-state index in [-0.39, 0.29) is 17.7 Å². The second-order valence-corrected chi connectivity index (χ2v) is 10.3. The summed E-state index contributed by atoms with van der Waals surface area (Å²) < 4.78 is 33.7. The summed E-state index contributed by atoms with van der Waals surface area (Å²) in [6.45, 7) is 13.3. The maximum atomic E-state index is 16.4. The standard InChI is InChI=1S/C29H29F2N7/c1-15(2)38-18(5)34-27-21(29(31)16(3)10-17(29)4)11-20(12-24(27)38)26-22(30)14-33-28(37-26)36-25-7-6-19-13-32-9-8-23(19)35-25/h6-7,10-12,14-15,32H,3,8-9,13H2,1-2,4-5H3,(H,33,35,36,37). The van der Waals surface area contributed by atoms with Gasteiger partial charge >= 0.3 is 0 Å². The molecule has 0 fully saturated rings. The smallest absolute Gasteiger partial charge is 0.229 e. The van der Waals surface area contributed by atoms with Crippen LogP contribution in [0.3, 0.4) is 0 Å². The third kappa shape index (κ3) is 3.72. The van der Waals surface area contributed by atoms with Gasteiger partial charge in [-0.25, -0.2) is 28.7 Å². The molecule has 0 spiro atoms. The quantitative estimate of drug-likeness (QED) is 0.341. The van der Waals surface area contributed by atoms with Crippen LogP contribution in [0.25, 0.3) is 22.3 Å². The van der Waals surface area contributed by atoms with E-state index in [9.17, 15) is 0 Å². The lowest BCUT2D eigenvalue weighted by molar-refractivity contribution is 0.256. The highest BCUT2D eigenvalue weighted by molar-refractivity contribution is 5.88. The van der Waals surface area contributed by atoms with Crippen LogP contribution in [0.2, 0.25) is 0 Å². The third-order valence-corrected chi connectivity index (χ3v) is 7.42. The zero-order valence-corrected chi connectivity index (χ0v) is 21.9. The molecule has 3 aromatic heterocycles. The maximum Gasteiger partial charge on any atom is 0.229 e. The Hall–Kier alpha value is -3.98. The van der Waals surface area contributed by atoms with E-state index in [0.29, 0.717) is 39.1 Å². The van der Waals surface area contributed by atoms with Crippen LogP contribution in [0.15, 0.2) is 54.3 Å². The van der Waals surface area contributed by atoms with Crippen LogP contribution in [0, 0.1) is 12.7 Å². The highest BCUT2D eigenvalue weighted by Gasteiger charge is 2.45. The van der Waals surface area contributed by atoms with E-state index in [1.54, 1.807) is 19.1 Å². The van der Waals surface area contributed by atoms with Gasteiger partial charge in [-0.2, -0.15) is 0 Å². The van der Waals surface area contributed by atoms with E-state index >= 15 is 8.78 Å². The molecule has 0 radical (unpaired) electrons. The van der Waals surface area contributed by atoms with Gasteiger partial charge in [0, 0.05) is 42.4 Å². The summed E-state index contributed by atoms with van der Waals surface area (Å²) in [6.07, 6.45) is 3.68. The first-order chi connectivity index (χ1) is 18.2. The van der Waals surface area contributed by atoms with Crippen molar-refractivity contribution >= 4 is 22.8 Å². The van der Waals surface area contributed by atoms with Crippen molar-refractivity contribution in [2.24, 2.45) is 0 Å². The Kier molecular flexibility index (Phi) is 5.64. The molecule has 6 rings (SSSR count). The number of anilines is 2. The van der Waals surface area contributed by atoms with E-state index < -0.39 is 11.5 Å². The van der Waals surface area contributed by atoms with Crippen molar-refractivity contribution in [3.8, 4) is 11.3 Å². The summed E-state index contributed by atoms with van der Waals surface area (Å²) in [4.78, 5) is 18.1. The van der Waals surface area contributed by atoms with Gasteiger partial charge in [-0.15, -0.1) is 0 Å². The third-order valence-electron chi connectivity index (χ3n) is 7.42. The molecule has 4 heterocycles. The molecule has 1 unspecified atom stereocenters. The molecular formula is C29H29F2N7. The van der Waals surface area contributed by atoms with E-state index in [0.717, 1.165) is 42.8 Å². The number of aryl methyl sites for hydroxylation is 1. The van der Waals surface area contributed by atoms with Gasteiger partial charge in [0.05, 0.1) is 17.2 Å². The molecule has 38 heavy (non-hydrogen) atoms. The zero-order chi connectivity index (χ0) is 26.8. The molecule has 0 bridgehead atoms. The van der Waals surface area contributed by atoms with Crippen LogP contribution in [-0.2, 0) is 18.6 Å². The Morgan fingerprint density at radius 2 is 1.97 bits per heavy atom. The molecule has 194 valence electrons. The summed E-state index contributed by atoms with van der Waals surface area (Å²) in [6, 6.07) is 7.40. The second kappa shape index (κ2) is 8.80. The van der Waals surface area contributed by atoms with Crippen molar-refractivity contribution in [1.82, 2.24) is 29.8 Å². The zero-order valence-electron chi connectivity index (χ0n) is 21.9. The minimum atomic E-state index is -1.87. The number of pyridine rings is 1. The molecule has 2 aliphatic rings. The van der Waals surface area contributed by atoms with E-state index in [1.807, 2.05) is 43.5 Å². The molecule has 0 saturated heterocycles. The lowest BCUT2D eigenvalue weighted by Crippen LogP contribution is -2.31. The van der Waals surface area contributed by atoms with E-state index in [4.69, 9.17) is 4.98 Å². The van der Waals surface area contributed by atoms with Crippen molar-refractivity contribution in [2.75, 3.05) is 11.9 Å². The molecule has 1 aromatic carbocycles. The van der Waals surface area contributed by atoms with Gasteiger partial charge in [0.25, 0.3) is 0 Å². The van der Waals surface area contributed by atoms with Gasteiger partial charge in [-0.05, 0) is 62.6 Å². The molecule has 1 atom stereocenters. The van der Waals surface area contributed by atoms with Crippen molar-refractivity contribution in [3.63, 3.8) is 0 Å². The number of fused-ring (bicyclic) bond motifs is 2. The summed E-state index contributed by atoms with van der Waals surface area (Å²) in [5.74, 6) is 0.937. The van der Waals surface area contributed by atoms with Crippen LogP contribution in [0.5, 0.6) is 0 Å². The number of hydrogen-bond acceptors (Lipinski definition) is 6. The Morgan fingerprint density at radius 3 is 2.71 bits per heavy atom. The number of benzene rings is 1. The number of alkyl halides is 1. The molecule has 2 N–H and O–H groups in total. The van der Waals surface area contributed by atoms with Crippen LogP contribution in [0.1, 0.15) is 49.5 Å². The summed E-state index contributed by atoms with van der Waals surface area (Å²) in [5, 5.41) is 6.44. The molecular weight excluding hydrogens is 484 g/mol. The van der Waals surface area contributed by atoms with Gasteiger partial charge < -0.3 is 15.2 Å². The van der Waals surface area contributed by atoms with Crippen molar-refractivity contribution in [1.29, 1.82) is 0 Å². The minimum absolute atomic E-state index is 0.0668. The number of nitrogens with one attached hydrogen (secondary N) is 2. The molecule has 4 aromatic rings. The Bertz CT molecular complexity index is 1650. The van der Waals surface area contributed by atoms with Crippen molar-refractivity contribution in [2.45, 2.75) is 52.4 Å². The van der Waals surface area contributed by atoms with Gasteiger partial charge in [0.2, 0.25) is 5.95 Å². The fourth-order valence-corrected chi connectivity index (χ4v) is 5.53. The average molecular weight is 514 g/mol. The first-order valence-corrected chi connectivity index (χ1v) is 12.8. The molecule has 1 aliphatic heterocycles. The van der Waals surface area contributed by atoms with Crippen LogP contribution < -0.4 is 10.6 Å². The minimum Gasteiger partial charge on any atom is -0.326 e. The average Bonchev–Trinajstić information content (AvgIpc) is 3.24. The lowest BCUT2D eigenvalue weighted by atomic mass is 9.73. The monoisotopic (exact) mass is 513 g/mol. The predicted molar refractivity (Wildman–Crippen MR) is 144 cm³/mol. The first-order valence-electron chi connectivity index (χ1n) is 12.8. The van der Waals surface area contributed by atoms with Crippen LogP contribution >= 0.6 is 0 Å². The normalized spacial score (nSPS) is 18.9. The van der Waals surface area contributed by atoms with Gasteiger partial charge in [0.1, 0.15) is 17.3 Å². The number of halogens is 2. The van der Waals surface area contributed by atoms with Gasteiger partial charge in [-0.1, -0.05) is 18.7 Å². The fourth-order valence-electron chi connectivity index (χ4n) is 5.53. The summed E-state index contributed by atoms with van der Waals surface area (Å²) >= 11 is 0. The Morgan fingerprint density at radius 1 is 1.16 bits per heavy atom. The first kappa shape index (κ1) is 24.4. The number of aromatic nitrogens is 5. The lowest BCUT2D eigenvalue weighted by Gasteiger charge is -2.36. The highest BCUT2D eigenvalue weighted by Crippen LogP contribution is 2.51. The van der Waals surface area contributed by atoms with Gasteiger partial charge in [0.15, 0.2) is 11.5 Å². The predicted octanol–water partition coefficient (Wildman–Crippen LogP) is 5.99. The topological polar surface area (TPSA) is 80.6 Å². The van der Waals surface area contributed by atoms with Crippen molar-refractivity contribution in [3.05, 3.63) is 82.7 Å². The maximum absolute atomic E-state index is 16.4. The SMILES string of the molecule is C=C1C=C(C)C1(F)c1cc(-c2nc(Nc3ccc4c(n3)CCNC4)ncc2F)cc2c1nc(C)n2C(C)C. The molecule has 0 saturated carbocycles. The summed E-state index contributed by atoms with van der Waals surface area (Å²) in [7, 11) is 0. The largest absolute Gasteiger partial charge is 0.326 e. The number of nitrogens with zero attached hydrogens (tertiary/aromatic N) is 5. The van der Waals surface area contributed by atoms with E-state index in [1.165, 1.54) is 0 Å². The molecule has 9 heteroatoms. The molecule has 0 amide bonds. The van der Waals surface area contributed by atoms with Crippen LogP contribution in [-0.4, -0.2) is 31.0 Å². The van der Waals surface area contributed by atoms with Crippen molar-refractivity contribution < 1.29 is 8.78 Å². The number of allylic oxidation sites excluding steroid dienone is 3. The highest BCUT2D eigenvalue weighted by atomic mass is 19.1. The summed E-state index contributed by atoms with van der Waals surface area (Å²) in [5.41, 5.74) is 3.29. The van der Waals surface area contributed by atoms with Crippen LogP contribution in [0.4, 0.5) is 20.5 Å². The number of rotatable bonds is 5. The number of imidazole rings is 1. The molecule has 1 aliphatic carbocycles. The second-order valence-electron chi connectivity index (χ2n) is 10.3. The molecule has 7 nitrogen and oxygen atoms in total. The Labute approximate surface area is 219 Å². The van der Waals surface area contributed by atoms with Gasteiger partial charge in [-0.3, -0.25) is 0 Å². The number of hydrogen-bond donors (Lipinski definition) is 2. The van der Waals surface area contributed by atoms with E-state index in [2.05, 4.69) is 32.2 Å². The Balaban J connectivity index is 1.48. The fraction of sp³-hybridized carbons (Fsp3) is 0.310.